The van der Waals surface area contributed by atoms with Gasteiger partial charge in [-0.05, 0) is 62.1 Å². The molecule has 2 aliphatic carbocycles. The molecule has 37 heavy (non-hydrogen) atoms. The van der Waals surface area contributed by atoms with Crippen LogP contribution in [0.25, 0.3) is 0 Å². The number of carboxylic acid groups (broad SMARTS) is 1. The summed E-state index contributed by atoms with van der Waals surface area (Å²) < 4.78 is 13.0. The minimum atomic E-state index is -1.08. The Labute approximate surface area is 220 Å². The Morgan fingerprint density at radius 2 is 1.92 bits per heavy atom. The van der Waals surface area contributed by atoms with Crippen molar-refractivity contribution in [3.05, 3.63) is 54.1 Å². The van der Waals surface area contributed by atoms with E-state index in [1.807, 2.05) is 36.4 Å². The summed E-state index contributed by atoms with van der Waals surface area (Å²) in [5, 5.41) is 39.9. The Bertz CT molecular complexity index is 914. The molecule has 7 nitrogen and oxygen atoms in total. The van der Waals surface area contributed by atoms with Gasteiger partial charge in [0.05, 0.1) is 37.4 Å². The zero-order valence-corrected chi connectivity index (χ0v) is 22.3. The maximum absolute atomic E-state index is 10.8. The number of fused-ring (bicyclic) bond motifs is 1. The highest BCUT2D eigenvalue weighted by atomic mass is 16.5. The van der Waals surface area contributed by atoms with Crippen molar-refractivity contribution in [2.24, 2.45) is 17.8 Å². The predicted molar refractivity (Wildman–Crippen MR) is 142 cm³/mol. The fourth-order valence-electron chi connectivity index (χ4n) is 5.88. The molecule has 0 bridgehead atoms. The summed E-state index contributed by atoms with van der Waals surface area (Å²) >= 11 is 0. The van der Waals surface area contributed by atoms with Gasteiger partial charge in [0, 0.05) is 12.3 Å². The summed E-state index contributed by atoms with van der Waals surface area (Å²) in [6, 6.07) is 9.75. The Morgan fingerprint density at radius 3 is 2.59 bits per heavy atom. The fourth-order valence-corrected chi connectivity index (χ4v) is 5.88. The monoisotopic (exact) mass is 516 g/mol. The van der Waals surface area contributed by atoms with Crippen molar-refractivity contribution in [1.82, 2.24) is 0 Å². The molecule has 0 heterocycles. The summed E-state index contributed by atoms with van der Waals surface area (Å²) in [4.78, 5) is 10.8. The van der Waals surface area contributed by atoms with E-state index in [2.05, 4.69) is 32.9 Å². The van der Waals surface area contributed by atoms with E-state index in [9.17, 15) is 20.1 Å². The van der Waals surface area contributed by atoms with Crippen LogP contribution in [-0.2, 0) is 9.53 Å². The van der Waals surface area contributed by atoms with Gasteiger partial charge in [-0.25, -0.2) is 0 Å². The number of allylic oxidation sites excluding steroid dienone is 2. The average molecular weight is 517 g/mol. The largest absolute Gasteiger partial charge is 0.485 e. The van der Waals surface area contributed by atoms with Crippen molar-refractivity contribution < 1.29 is 34.7 Å². The zero-order valence-electron chi connectivity index (χ0n) is 22.3. The zero-order chi connectivity index (χ0) is 27.0. The number of aliphatic carboxylic acids is 1. The minimum absolute atomic E-state index is 0.0431. The van der Waals surface area contributed by atoms with Crippen LogP contribution in [0.5, 0.6) is 5.75 Å². The number of aliphatic hydroxyl groups is 3. The highest BCUT2D eigenvalue weighted by Crippen LogP contribution is 2.44. The Morgan fingerprint density at radius 1 is 1.19 bits per heavy atom. The number of carboxylic acids is 1. The molecule has 2 aliphatic rings. The summed E-state index contributed by atoms with van der Waals surface area (Å²) in [6.45, 7) is 6.75. The van der Waals surface area contributed by atoms with E-state index in [1.54, 1.807) is 0 Å². The molecule has 1 aromatic rings. The molecular weight excluding hydrogens is 472 g/mol. The number of benzene rings is 1. The lowest BCUT2D eigenvalue weighted by Gasteiger charge is -2.44. The number of aliphatic hydroxyl groups excluding tert-OH is 3. The van der Waals surface area contributed by atoms with E-state index >= 15 is 0 Å². The molecule has 1 aromatic carbocycles. The molecule has 0 saturated heterocycles. The van der Waals surface area contributed by atoms with Crippen LogP contribution < -0.4 is 4.74 Å². The van der Waals surface area contributed by atoms with Crippen LogP contribution in [0.1, 0.15) is 65.7 Å². The number of hydrogen-bond donors (Lipinski definition) is 4. The molecule has 0 fully saturated rings. The molecule has 7 heteroatoms. The van der Waals surface area contributed by atoms with Gasteiger partial charge in [-0.1, -0.05) is 56.7 Å². The van der Waals surface area contributed by atoms with Crippen LogP contribution in [0.2, 0.25) is 0 Å². The third-order valence-electron chi connectivity index (χ3n) is 7.65. The number of hydrogen-bond acceptors (Lipinski definition) is 6. The smallest absolute Gasteiger partial charge is 0.305 e. The summed E-state index contributed by atoms with van der Waals surface area (Å²) in [5.74, 6) is 0.238. The van der Waals surface area contributed by atoms with Crippen LogP contribution in [0, 0.1) is 17.8 Å². The SMILES string of the molecule is CCC[C@](C)(CO[C@H]1C[C@H](O)C=C2C=C[C@@H](C)[C@H](CC[C@@H](O)C[C@@H](O)CC(=O)O)[C@H]21)Oc1ccccc1. The first-order valence-corrected chi connectivity index (χ1v) is 13.6. The highest BCUT2D eigenvalue weighted by Gasteiger charge is 2.41. The van der Waals surface area contributed by atoms with Crippen LogP contribution in [0.3, 0.4) is 0 Å². The fraction of sp³-hybridized carbons (Fsp3) is 0.633. The summed E-state index contributed by atoms with van der Waals surface area (Å²) in [7, 11) is 0. The standard InChI is InChI=1S/C30H44O7/c1-4-14-30(3,37-25-8-6-5-7-9-25)19-36-27-17-23(32)15-21-11-10-20(2)26(29(21)27)13-12-22(31)16-24(33)18-28(34)35/h5-11,15,20,22-24,26-27,29,31-33H,4,12-14,16-19H2,1-3H3,(H,34,35)/t20-,22-,23-,24-,26+,27+,29+,30-/m1/s1. The molecule has 0 aromatic heterocycles. The molecule has 8 atom stereocenters. The number of para-hydroxylation sites is 1. The molecule has 206 valence electrons. The van der Waals surface area contributed by atoms with Gasteiger partial charge < -0.3 is 29.9 Å². The van der Waals surface area contributed by atoms with Crippen molar-refractivity contribution in [2.45, 2.75) is 95.7 Å². The van der Waals surface area contributed by atoms with E-state index in [0.29, 0.717) is 25.9 Å². The quantitative estimate of drug-likeness (QED) is 0.288. The van der Waals surface area contributed by atoms with Gasteiger partial charge in [0.15, 0.2) is 0 Å². The molecule has 4 N–H and O–H groups in total. The maximum Gasteiger partial charge on any atom is 0.305 e. The molecule has 3 rings (SSSR count). The van der Waals surface area contributed by atoms with Gasteiger partial charge in [0.25, 0.3) is 0 Å². The molecule has 0 spiro atoms. The van der Waals surface area contributed by atoms with Gasteiger partial charge in [0.1, 0.15) is 11.4 Å². The molecule has 0 amide bonds. The molecule has 0 aliphatic heterocycles. The van der Waals surface area contributed by atoms with Gasteiger partial charge in [-0.3, -0.25) is 4.79 Å². The van der Waals surface area contributed by atoms with Crippen LogP contribution in [0.4, 0.5) is 0 Å². The Hall–Kier alpha value is -2.19. The lowest BCUT2D eigenvalue weighted by atomic mass is 9.66. The minimum Gasteiger partial charge on any atom is -0.485 e. The number of ether oxygens (including phenoxy) is 2. The van der Waals surface area contributed by atoms with E-state index < -0.39 is 29.9 Å². The van der Waals surface area contributed by atoms with Crippen molar-refractivity contribution in [3.63, 3.8) is 0 Å². The van der Waals surface area contributed by atoms with Crippen molar-refractivity contribution >= 4 is 5.97 Å². The second kappa shape index (κ2) is 13.6. The normalized spacial score (nSPS) is 28.5. The van der Waals surface area contributed by atoms with Crippen molar-refractivity contribution in [2.75, 3.05) is 6.61 Å². The van der Waals surface area contributed by atoms with Crippen molar-refractivity contribution in [1.29, 1.82) is 0 Å². The third kappa shape index (κ3) is 8.67. The van der Waals surface area contributed by atoms with Gasteiger partial charge in [-0.2, -0.15) is 0 Å². The predicted octanol–water partition coefficient (Wildman–Crippen LogP) is 4.51. The maximum atomic E-state index is 10.8. The topological polar surface area (TPSA) is 116 Å². The third-order valence-corrected chi connectivity index (χ3v) is 7.65. The van der Waals surface area contributed by atoms with Gasteiger partial charge in [-0.15, -0.1) is 0 Å². The molecule has 0 unspecified atom stereocenters. The van der Waals surface area contributed by atoms with Crippen LogP contribution >= 0.6 is 0 Å². The molecule has 0 saturated carbocycles. The van der Waals surface area contributed by atoms with Crippen molar-refractivity contribution in [3.8, 4) is 5.75 Å². The van der Waals surface area contributed by atoms with Gasteiger partial charge >= 0.3 is 5.97 Å². The van der Waals surface area contributed by atoms with E-state index in [1.165, 1.54) is 0 Å². The first-order valence-electron chi connectivity index (χ1n) is 13.6. The number of carbonyl (C=O) groups is 1. The van der Waals surface area contributed by atoms with Crippen LogP contribution in [0.15, 0.2) is 54.1 Å². The first kappa shape index (κ1) is 29.4. The van der Waals surface area contributed by atoms with Crippen LogP contribution in [-0.4, -0.2) is 63.0 Å². The second-order valence-electron chi connectivity index (χ2n) is 11.1. The molecule has 0 radical (unpaired) electrons. The van der Waals surface area contributed by atoms with E-state index in [-0.39, 0.29) is 36.7 Å². The Balaban J connectivity index is 1.70. The van der Waals surface area contributed by atoms with E-state index in [4.69, 9.17) is 14.6 Å². The first-order chi connectivity index (χ1) is 17.6. The lowest BCUT2D eigenvalue weighted by Crippen LogP contribution is -2.45. The van der Waals surface area contributed by atoms with E-state index in [0.717, 1.165) is 24.2 Å². The number of rotatable bonds is 14. The lowest BCUT2D eigenvalue weighted by molar-refractivity contribution is -0.139. The summed E-state index contributed by atoms with van der Waals surface area (Å²) in [6.07, 6.45) is 6.64. The Kier molecular flexibility index (Phi) is 10.8. The summed E-state index contributed by atoms with van der Waals surface area (Å²) in [5.41, 5.74) is 0.554. The average Bonchev–Trinajstić information content (AvgIpc) is 2.82. The van der Waals surface area contributed by atoms with Gasteiger partial charge in [0.2, 0.25) is 0 Å². The second-order valence-corrected chi connectivity index (χ2v) is 11.1. The highest BCUT2D eigenvalue weighted by molar-refractivity contribution is 5.67. The molecular formula is C30H44O7.